The molecule has 9 nitrogen and oxygen atoms in total. The molecule has 0 bridgehead atoms. The van der Waals surface area contributed by atoms with E-state index in [1.807, 2.05) is 45.5 Å². The molecule has 0 aliphatic heterocycles. The summed E-state index contributed by atoms with van der Waals surface area (Å²) in [5.41, 5.74) is 2.22. The standard InChI is InChI=1S/C30H22F3N7O2/c1-42-25-11-3-2-10-23(25)26-34-13-15-40(26)28-27-35-12-14-39(27)18-24(38-28)19-6-4-8-21(16-19)36-29(41)37-22-9-5-7-20(17-22)30(31,32)33/h2-18H,1H3,(H2,36,37,41). The Hall–Kier alpha value is -5.65. The van der Waals surface area contributed by atoms with Gasteiger partial charge in [-0.25, -0.2) is 19.7 Å². The fourth-order valence-electron chi connectivity index (χ4n) is 4.54. The van der Waals surface area contributed by atoms with Crippen LogP contribution in [0.15, 0.2) is 104 Å². The van der Waals surface area contributed by atoms with Crippen molar-refractivity contribution < 1.29 is 22.7 Å². The number of rotatable bonds is 6. The van der Waals surface area contributed by atoms with E-state index >= 15 is 0 Å². The number of urea groups is 1. The second kappa shape index (κ2) is 10.7. The number of carbonyl (C=O) groups excluding carboxylic acids is 1. The molecule has 210 valence electrons. The van der Waals surface area contributed by atoms with Crippen LogP contribution in [0.5, 0.6) is 5.75 Å². The fraction of sp³-hybridized carbons (Fsp3) is 0.0667. The predicted octanol–water partition coefficient (Wildman–Crippen LogP) is 6.92. The van der Waals surface area contributed by atoms with Gasteiger partial charge in [0.15, 0.2) is 11.5 Å². The Morgan fingerprint density at radius 2 is 1.62 bits per heavy atom. The number of benzene rings is 3. The van der Waals surface area contributed by atoms with Gasteiger partial charge in [0.25, 0.3) is 0 Å². The number of hydrogen-bond acceptors (Lipinski definition) is 5. The van der Waals surface area contributed by atoms with Crippen LogP contribution >= 0.6 is 0 Å². The summed E-state index contributed by atoms with van der Waals surface area (Å²) in [5, 5.41) is 5.11. The molecule has 3 heterocycles. The quantitative estimate of drug-likeness (QED) is 0.227. The maximum absolute atomic E-state index is 13.0. The second-order valence-electron chi connectivity index (χ2n) is 9.17. The Morgan fingerprint density at radius 1 is 0.881 bits per heavy atom. The van der Waals surface area contributed by atoms with Gasteiger partial charge in [0, 0.05) is 47.9 Å². The van der Waals surface area contributed by atoms with Gasteiger partial charge in [0.05, 0.1) is 23.9 Å². The molecular formula is C30H22F3N7O2. The van der Waals surface area contributed by atoms with E-state index in [1.54, 1.807) is 50.1 Å². The predicted molar refractivity (Wildman–Crippen MR) is 152 cm³/mol. The van der Waals surface area contributed by atoms with E-state index in [0.717, 1.165) is 17.7 Å². The van der Waals surface area contributed by atoms with Crippen LogP contribution in [0.4, 0.5) is 29.3 Å². The molecule has 0 radical (unpaired) electrons. The third kappa shape index (κ3) is 5.24. The SMILES string of the molecule is COc1ccccc1-c1nccn1-c1nc(-c2cccc(NC(=O)Nc3cccc(C(F)(F)F)c3)c2)cn2ccnc12. The fourth-order valence-corrected chi connectivity index (χ4v) is 4.54. The molecule has 0 aliphatic carbocycles. The number of nitrogens with one attached hydrogen (secondary N) is 2. The van der Waals surface area contributed by atoms with Crippen LogP contribution in [-0.4, -0.2) is 37.1 Å². The maximum Gasteiger partial charge on any atom is 0.416 e. The first-order valence-corrected chi connectivity index (χ1v) is 12.7. The summed E-state index contributed by atoms with van der Waals surface area (Å²) in [6.45, 7) is 0. The number of aromatic nitrogens is 5. The molecule has 0 atom stereocenters. The number of nitrogens with zero attached hydrogens (tertiary/aromatic N) is 5. The molecular weight excluding hydrogens is 547 g/mol. The van der Waals surface area contributed by atoms with Crippen LogP contribution in [0.25, 0.3) is 34.1 Å². The summed E-state index contributed by atoms with van der Waals surface area (Å²) in [4.78, 5) is 26.6. The Balaban J connectivity index is 1.32. The average molecular weight is 570 g/mol. The van der Waals surface area contributed by atoms with Crippen molar-refractivity contribution in [1.29, 1.82) is 0 Å². The number of ether oxygens (including phenoxy) is 1. The molecule has 0 saturated carbocycles. The van der Waals surface area contributed by atoms with Gasteiger partial charge in [-0.05, 0) is 42.5 Å². The van der Waals surface area contributed by atoms with Gasteiger partial charge in [0.1, 0.15) is 11.6 Å². The van der Waals surface area contributed by atoms with E-state index in [-0.39, 0.29) is 5.69 Å². The first-order valence-electron chi connectivity index (χ1n) is 12.7. The lowest BCUT2D eigenvalue weighted by Gasteiger charge is -2.14. The summed E-state index contributed by atoms with van der Waals surface area (Å²) >= 11 is 0. The number of imidazole rings is 2. The van der Waals surface area contributed by atoms with Crippen molar-refractivity contribution in [2.24, 2.45) is 0 Å². The molecule has 0 spiro atoms. The lowest BCUT2D eigenvalue weighted by molar-refractivity contribution is -0.137. The molecule has 12 heteroatoms. The first kappa shape index (κ1) is 26.6. The van der Waals surface area contributed by atoms with Crippen molar-refractivity contribution >= 4 is 23.1 Å². The van der Waals surface area contributed by atoms with E-state index in [2.05, 4.69) is 20.6 Å². The van der Waals surface area contributed by atoms with Crippen LogP contribution in [0.1, 0.15) is 5.56 Å². The van der Waals surface area contributed by atoms with Gasteiger partial charge in [-0.1, -0.05) is 30.3 Å². The monoisotopic (exact) mass is 569 g/mol. The first-order chi connectivity index (χ1) is 20.3. The molecule has 3 aromatic carbocycles. The molecule has 0 unspecified atom stereocenters. The Bertz CT molecular complexity index is 1910. The number of fused-ring (bicyclic) bond motifs is 1. The van der Waals surface area contributed by atoms with Gasteiger partial charge in [-0.3, -0.25) is 4.57 Å². The normalized spacial score (nSPS) is 11.4. The van der Waals surface area contributed by atoms with Crippen LogP contribution in [0.3, 0.4) is 0 Å². The minimum Gasteiger partial charge on any atom is -0.496 e. The highest BCUT2D eigenvalue weighted by Gasteiger charge is 2.30. The number of methoxy groups -OCH3 is 1. The highest BCUT2D eigenvalue weighted by Crippen LogP contribution is 2.32. The third-order valence-electron chi connectivity index (χ3n) is 6.44. The summed E-state index contributed by atoms with van der Waals surface area (Å²) in [6.07, 6.45) is 4.22. The van der Waals surface area contributed by atoms with E-state index in [1.165, 1.54) is 12.1 Å². The van der Waals surface area contributed by atoms with Crippen molar-refractivity contribution in [3.05, 3.63) is 109 Å². The lowest BCUT2D eigenvalue weighted by Crippen LogP contribution is -2.19. The van der Waals surface area contributed by atoms with Gasteiger partial charge in [0.2, 0.25) is 0 Å². The minimum absolute atomic E-state index is 0.0153. The number of halogens is 3. The molecule has 6 aromatic rings. The average Bonchev–Trinajstić information content (AvgIpc) is 3.66. The zero-order valence-electron chi connectivity index (χ0n) is 22.0. The highest BCUT2D eigenvalue weighted by molar-refractivity contribution is 6.00. The largest absolute Gasteiger partial charge is 0.496 e. The van der Waals surface area contributed by atoms with Crippen LogP contribution in [0.2, 0.25) is 0 Å². The maximum atomic E-state index is 13.0. The minimum atomic E-state index is -4.52. The van der Waals surface area contributed by atoms with Crippen molar-refractivity contribution in [2.45, 2.75) is 6.18 Å². The Kier molecular flexibility index (Phi) is 6.79. The zero-order valence-corrected chi connectivity index (χ0v) is 22.0. The second-order valence-corrected chi connectivity index (χ2v) is 9.17. The smallest absolute Gasteiger partial charge is 0.416 e. The molecule has 2 N–H and O–H groups in total. The molecule has 0 aliphatic rings. The molecule has 6 rings (SSSR count). The Labute approximate surface area is 237 Å². The van der Waals surface area contributed by atoms with E-state index in [9.17, 15) is 18.0 Å². The molecule has 3 aromatic heterocycles. The number of hydrogen-bond donors (Lipinski definition) is 2. The van der Waals surface area contributed by atoms with Crippen molar-refractivity contribution in [2.75, 3.05) is 17.7 Å². The zero-order chi connectivity index (χ0) is 29.3. The summed E-state index contributed by atoms with van der Waals surface area (Å²) in [5.74, 6) is 1.79. The van der Waals surface area contributed by atoms with E-state index in [0.29, 0.717) is 40.0 Å². The van der Waals surface area contributed by atoms with Crippen molar-refractivity contribution in [1.82, 2.24) is 23.9 Å². The summed E-state index contributed by atoms with van der Waals surface area (Å²) in [6, 6.07) is 18.2. The number of anilines is 2. The topological polar surface area (TPSA) is 98.4 Å². The van der Waals surface area contributed by atoms with Crippen LogP contribution in [0, 0.1) is 0 Å². The van der Waals surface area contributed by atoms with Crippen LogP contribution < -0.4 is 15.4 Å². The highest BCUT2D eigenvalue weighted by atomic mass is 19.4. The molecule has 2 amide bonds. The molecule has 0 fully saturated rings. The number of alkyl halides is 3. The van der Waals surface area contributed by atoms with Crippen molar-refractivity contribution in [3.63, 3.8) is 0 Å². The molecule has 0 saturated heterocycles. The number of carbonyl (C=O) groups is 1. The lowest BCUT2D eigenvalue weighted by atomic mass is 10.1. The van der Waals surface area contributed by atoms with Gasteiger partial charge < -0.3 is 19.8 Å². The van der Waals surface area contributed by atoms with Gasteiger partial charge >= 0.3 is 12.2 Å². The Morgan fingerprint density at radius 3 is 2.40 bits per heavy atom. The van der Waals surface area contributed by atoms with Gasteiger partial charge in [-0.15, -0.1) is 0 Å². The van der Waals surface area contributed by atoms with Gasteiger partial charge in [-0.2, -0.15) is 13.2 Å². The van der Waals surface area contributed by atoms with E-state index in [4.69, 9.17) is 9.72 Å². The summed E-state index contributed by atoms with van der Waals surface area (Å²) in [7, 11) is 1.60. The van der Waals surface area contributed by atoms with Crippen molar-refractivity contribution in [3.8, 4) is 34.2 Å². The third-order valence-corrected chi connectivity index (χ3v) is 6.44. The van der Waals surface area contributed by atoms with E-state index < -0.39 is 17.8 Å². The number of amides is 2. The van der Waals surface area contributed by atoms with Crippen LogP contribution in [-0.2, 0) is 6.18 Å². The molecule has 42 heavy (non-hydrogen) atoms. The summed E-state index contributed by atoms with van der Waals surface area (Å²) < 4.78 is 48.3. The number of para-hydroxylation sites is 1.